The van der Waals surface area contributed by atoms with Gasteiger partial charge in [-0.25, -0.2) is 19.2 Å². The van der Waals surface area contributed by atoms with Crippen molar-refractivity contribution in [3.05, 3.63) is 0 Å². The molecule has 0 radical (unpaired) electrons. The normalized spacial score (nSPS) is 12.8. The van der Waals surface area contributed by atoms with Crippen LogP contribution in [0.2, 0.25) is 0 Å². The van der Waals surface area contributed by atoms with Crippen LogP contribution in [0, 0.1) is 0 Å². The van der Waals surface area contributed by atoms with Crippen LogP contribution in [-0.4, -0.2) is 86.8 Å². The molecule has 0 aliphatic rings. The second-order valence-electron chi connectivity index (χ2n) is 9.69. The molecule has 0 bridgehead atoms. The number of carboxylic acid groups (broad SMARTS) is 4. The lowest BCUT2D eigenvalue weighted by Gasteiger charge is -2.18. The van der Waals surface area contributed by atoms with E-state index >= 15 is 0 Å². The van der Waals surface area contributed by atoms with Gasteiger partial charge in [0.05, 0.1) is 0 Å². The highest BCUT2D eigenvalue weighted by molar-refractivity contribution is 5.86. The number of urea groups is 1. The Morgan fingerprint density at radius 3 is 1.54 bits per heavy atom. The molecule has 0 aliphatic heterocycles. The fourth-order valence-corrected chi connectivity index (χ4v) is 3.79. The molecule has 0 aromatic rings. The van der Waals surface area contributed by atoms with Gasteiger partial charge in [-0.15, -0.1) is 0 Å². The van der Waals surface area contributed by atoms with Crippen molar-refractivity contribution in [2.75, 3.05) is 6.54 Å². The van der Waals surface area contributed by atoms with Crippen LogP contribution in [-0.2, 0) is 28.8 Å². The predicted molar refractivity (Wildman–Crippen MR) is 145 cm³/mol. The summed E-state index contributed by atoms with van der Waals surface area (Å²) in [5, 5.41) is 45.7. The standard InChI is InChI=1S/C26H44N4O11/c1-2-3-10-17(23(35)36)28-21(32)13-7-5-4-6-12-20(31)27-16-9-8-11-18(24(37)38)29-26(41)30-19(25(39)40)14-15-22(33)34/h17-19H,2-16H2,1H3,(H,27,31)(H,28,32)(H,33,34)(H,35,36)(H,37,38)(H,39,40)(H2,29,30,41)/t17?,18-,19-/m0/s1. The lowest BCUT2D eigenvalue weighted by molar-refractivity contribution is -0.142. The minimum absolute atomic E-state index is 0.0326. The zero-order chi connectivity index (χ0) is 31.2. The van der Waals surface area contributed by atoms with Crippen LogP contribution in [0.4, 0.5) is 4.79 Å². The number of unbranched alkanes of at least 4 members (excludes halogenated alkanes) is 5. The van der Waals surface area contributed by atoms with E-state index in [1.165, 1.54) is 0 Å². The van der Waals surface area contributed by atoms with E-state index in [0.29, 0.717) is 45.1 Å². The average molecular weight is 589 g/mol. The van der Waals surface area contributed by atoms with E-state index in [9.17, 15) is 38.7 Å². The molecular weight excluding hydrogens is 544 g/mol. The van der Waals surface area contributed by atoms with Crippen molar-refractivity contribution < 1.29 is 54.0 Å². The number of carbonyl (C=O) groups is 7. The van der Waals surface area contributed by atoms with Gasteiger partial charge in [-0.1, -0.05) is 32.6 Å². The third-order valence-electron chi connectivity index (χ3n) is 6.13. The lowest BCUT2D eigenvalue weighted by Crippen LogP contribution is -2.51. The molecular formula is C26H44N4O11. The van der Waals surface area contributed by atoms with Gasteiger partial charge in [0, 0.05) is 25.8 Å². The van der Waals surface area contributed by atoms with Crippen LogP contribution >= 0.6 is 0 Å². The third-order valence-corrected chi connectivity index (χ3v) is 6.13. The molecule has 0 heterocycles. The average Bonchev–Trinajstić information content (AvgIpc) is 2.89. The van der Waals surface area contributed by atoms with Gasteiger partial charge in [-0.05, 0) is 44.9 Å². The highest BCUT2D eigenvalue weighted by Crippen LogP contribution is 2.08. The van der Waals surface area contributed by atoms with Gasteiger partial charge in [-0.3, -0.25) is 14.4 Å². The monoisotopic (exact) mass is 588 g/mol. The molecule has 0 spiro atoms. The summed E-state index contributed by atoms with van der Waals surface area (Å²) >= 11 is 0. The Balaban J connectivity index is 4.10. The highest BCUT2D eigenvalue weighted by atomic mass is 16.4. The number of rotatable bonds is 24. The van der Waals surface area contributed by atoms with Crippen LogP contribution in [0.1, 0.15) is 96.8 Å². The van der Waals surface area contributed by atoms with Gasteiger partial charge in [0.2, 0.25) is 11.8 Å². The Morgan fingerprint density at radius 1 is 0.537 bits per heavy atom. The zero-order valence-corrected chi connectivity index (χ0v) is 23.5. The van der Waals surface area contributed by atoms with Crippen molar-refractivity contribution in [3.8, 4) is 0 Å². The number of carboxylic acids is 4. The summed E-state index contributed by atoms with van der Waals surface area (Å²) in [7, 11) is 0. The Hall–Kier alpha value is -3.91. The molecule has 15 nitrogen and oxygen atoms in total. The molecule has 0 fully saturated rings. The molecule has 0 aliphatic carbocycles. The molecule has 0 saturated carbocycles. The number of nitrogens with one attached hydrogen (secondary N) is 4. The Bertz CT molecular complexity index is 881. The second-order valence-corrected chi connectivity index (χ2v) is 9.69. The van der Waals surface area contributed by atoms with E-state index in [2.05, 4.69) is 21.3 Å². The summed E-state index contributed by atoms with van der Waals surface area (Å²) < 4.78 is 0. The first-order valence-electron chi connectivity index (χ1n) is 13.9. The number of amides is 4. The van der Waals surface area contributed by atoms with E-state index in [-0.39, 0.29) is 37.5 Å². The van der Waals surface area contributed by atoms with E-state index in [1.807, 2.05) is 6.92 Å². The molecule has 4 amide bonds. The maximum Gasteiger partial charge on any atom is 0.326 e. The number of carbonyl (C=O) groups excluding carboxylic acids is 3. The van der Waals surface area contributed by atoms with E-state index in [1.54, 1.807) is 0 Å². The summed E-state index contributed by atoms with van der Waals surface area (Å²) in [6.07, 6.45) is 5.10. The maximum atomic E-state index is 12.0. The van der Waals surface area contributed by atoms with Crippen molar-refractivity contribution >= 4 is 41.7 Å². The highest BCUT2D eigenvalue weighted by Gasteiger charge is 2.24. The van der Waals surface area contributed by atoms with Crippen LogP contribution < -0.4 is 21.3 Å². The quantitative estimate of drug-likeness (QED) is 0.0749. The summed E-state index contributed by atoms with van der Waals surface area (Å²) in [6, 6.07) is -4.69. The Kier molecular flexibility index (Phi) is 19.8. The van der Waals surface area contributed by atoms with Gasteiger partial charge in [-0.2, -0.15) is 0 Å². The van der Waals surface area contributed by atoms with Crippen LogP contribution in [0.15, 0.2) is 0 Å². The molecule has 234 valence electrons. The molecule has 8 N–H and O–H groups in total. The first-order chi connectivity index (χ1) is 19.4. The fraction of sp³-hybridized carbons (Fsp3) is 0.731. The van der Waals surface area contributed by atoms with E-state index < -0.39 is 54.5 Å². The molecule has 0 aromatic carbocycles. The van der Waals surface area contributed by atoms with Crippen molar-refractivity contribution in [2.24, 2.45) is 0 Å². The van der Waals surface area contributed by atoms with Crippen molar-refractivity contribution in [1.29, 1.82) is 0 Å². The summed E-state index contributed by atoms with van der Waals surface area (Å²) in [6.45, 7) is 2.25. The third kappa shape index (κ3) is 19.7. The number of hydrogen-bond acceptors (Lipinski definition) is 7. The van der Waals surface area contributed by atoms with Crippen LogP contribution in [0.5, 0.6) is 0 Å². The van der Waals surface area contributed by atoms with Gasteiger partial charge < -0.3 is 41.7 Å². The minimum atomic E-state index is -1.48. The van der Waals surface area contributed by atoms with Crippen LogP contribution in [0.25, 0.3) is 0 Å². The van der Waals surface area contributed by atoms with Gasteiger partial charge >= 0.3 is 29.9 Å². The lowest BCUT2D eigenvalue weighted by atomic mass is 10.1. The SMILES string of the molecule is CCCCC(NC(=O)CCCCCCC(=O)NCCCC[C@H](NC(=O)N[C@@H](CCC(=O)O)C(=O)O)C(=O)O)C(=O)O. The van der Waals surface area contributed by atoms with Gasteiger partial charge in [0.15, 0.2) is 0 Å². The Labute approximate surface area is 238 Å². The molecule has 0 rings (SSSR count). The summed E-state index contributed by atoms with van der Waals surface area (Å²) in [4.78, 5) is 80.3. The first-order valence-corrected chi connectivity index (χ1v) is 13.9. The molecule has 0 saturated heterocycles. The molecule has 3 atom stereocenters. The minimum Gasteiger partial charge on any atom is -0.481 e. The van der Waals surface area contributed by atoms with Crippen molar-refractivity contribution in [3.63, 3.8) is 0 Å². The Morgan fingerprint density at radius 2 is 1.02 bits per heavy atom. The number of aliphatic carboxylic acids is 4. The van der Waals surface area contributed by atoms with E-state index in [0.717, 1.165) is 19.3 Å². The van der Waals surface area contributed by atoms with Crippen molar-refractivity contribution in [1.82, 2.24) is 21.3 Å². The second kappa shape index (κ2) is 21.9. The van der Waals surface area contributed by atoms with Gasteiger partial charge in [0.25, 0.3) is 0 Å². The smallest absolute Gasteiger partial charge is 0.326 e. The topological polar surface area (TPSA) is 249 Å². The van der Waals surface area contributed by atoms with E-state index in [4.69, 9.17) is 15.3 Å². The number of hydrogen-bond donors (Lipinski definition) is 8. The van der Waals surface area contributed by atoms with Crippen molar-refractivity contribution in [2.45, 2.75) is 115 Å². The maximum absolute atomic E-state index is 12.0. The molecule has 41 heavy (non-hydrogen) atoms. The summed E-state index contributed by atoms with van der Waals surface area (Å²) in [5.74, 6) is -5.51. The molecule has 1 unspecified atom stereocenters. The molecule has 15 heteroatoms. The van der Waals surface area contributed by atoms with Crippen LogP contribution in [0.3, 0.4) is 0 Å². The molecule has 0 aromatic heterocycles. The largest absolute Gasteiger partial charge is 0.481 e. The first kappa shape index (κ1) is 37.1. The van der Waals surface area contributed by atoms with Gasteiger partial charge in [0.1, 0.15) is 18.1 Å². The predicted octanol–water partition coefficient (Wildman–Crippen LogP) is 1.44. The zero-order valence-electron chi connectivity index (χ0n) is 23.5. The summed E-state index contributed by atoms with van der Waals surface area (Å²) in [5.41, 5.74) is 0. The fourth-order valence-electron chi connectivity index (χ4n) is 3.79.